The van der Waals surface area contributed by atoms with E-state index in [4.69, 9.17) is 5.73 Å². The molecule has 13 heavy (non-hydrogen) atoms. The quantitative estimate of drug-likeness (QED) is 0.608. The predicted molar refractivity (Wildman–Crippen MR) is 54.7 cm³/mol. The normalized spacial score (nSPS) is 37.6. The van der Waals surface area contributed by atoms with Gasteiger partial charge in [-0.05, 0) is 19.3 Å². The second-order valence-electron chi connectivity index (χ2n) is 4.37. The van der Waals surface area contributed by atoms with Gasteiger partial charge in [0.25, 0.3) is 0 Å². The molecule has 1 saturated heterocycles. The van der Waals surface area contributed by atoms with Crippen molar-refractivity contribution in [3.63, 3.8) is 0 Å². The highest BCUT2D eigenvalue weighted by Crippen LogP contribution is 2.21. The zero-order valence-corrected chi connectivity index (χ0v) is 8.34. The molecule has 2 aliphatic rings. The van der Waals surface area contributed by atoms with Crippen molar-refractivity contribution in [2.45, 2.75) is 37.8 Å². The van der Waals surface area contributed by atoms with Crippen molar-refractivity contribution in [1.29, 1.82) is 0 Å². The van der Waals surface area contributed by atoms with Crippen molar-refractivity contribution >= 4 is 0 Å². The molecule has 1 heterocycles. The fourth-order valence-corrected chi connectivity index (χ4v) is 2.58. The van der Waals surface area contributed by atoms with Gasteiger partial charge in [-0.3, -0.25) is 4.90 Å². The van der Waals surface area contributed by atoms with Gasteiger partial charge in [0.15, 0.2) is 0 Å². The third-order valence-corrected chi connectivity index (χ3v) is 3.36. The first-order valence-corrected chi connectivity index (χ1v) is 5.56. The molecular weight excluding hydrogens is 162 g/mol. The molecule has 3 nitrogen and oxygen atoms in total. The largest absolute Gasteiger partial charge is 0.328 e. The summed E-state index contributed by atoms with van der Waals surface area (Å²) in [7, 11) is 0. The Balaban J connectivity index is 1.83. The monoisotopic (exact) mass is 183 g/mol. The van der Waals surface area contributed by atoms with Crippen LogP contribution < -0.4 is 11.1 Å². The summed E-state index contributed by atoms with van der Waals surface area (Å²) in [5, 5.41) is 3.39. The van der Waals surface area contributed by atoms with Crippen LogP contribution in [0.5, 0.6) is 0 Å². The van der Waals surface area contributed by atoms with Gasteiger partial charge in [0.1, 0.15) is 0 Å². The van der Waals surface area contributed by atoms with Gasteiger partial charge in [-0.25, -0.2) is 0 Å². The molecule has 2 atom stereocenters. The molecule has 0 bridgehead atoms. The maximum Gasteiger partial charge on any atom is 0.0111 e. The molecule has 3 N–H and O–H groups in total. The minimum atomic E-state index is 0.466. The summed E-state index contributed by atoms with van der Waals surface area (Å²) < 4.78 is 0. The Hall–Kier alpha value is -0.120. The highest BCUT2D eigenvalue weighted by Gasteiger charge is 2.25. The van der Waals surface area contributed by atoms with E-state index in [0.29, 0.717) is 6.04 Å². The molecule has 2 rings (SSSR count). The van der Waals surface area contributed by atoms with E-state index < -0.39 is 0 Å². The molecule has 0 unspecified atom stereocenters. The lowest BCUT2D eigenvalue weighted by atomic mass is 9.90. The average Bonchev–Trinajstić information content (AvgIpc) is 2.19. The van der Waals surface area contributed by atoms with Crippen molar-refractivity contribution in [3.05, 3.63) is 0 Å². The Morgan fingerprint density at radius 3 is 2.62 bits per heavy atom. The van der Waals surface area contributed by atoms with E-state index in [-0.39, 0.29) is 0 Å². The smallest absolute Gasteiger partial charge is 0.0111 e. The minimum Gasteiger partial charge on any atom is -0.328 e. The van der Waals surface area contributed by atoms with E-state index in [0.717, 1.165) is 19.1 Å². The van der Waals surface area contributed by atoms with E-state index >= 15 is 0 Å². The Morgan fingerprint density at radius 1 is 1.15 bits per heavy atom. The highest BCUT2D eigenvalue weighted by molar-refractivity contribution is 4.84. The van der Waals surface area contributed by atoms with Crippen LogP contribution in [0.1, 0.15) is 25.7 Å². The van der Waals surface area contributed by atoms with Crippen LogP contribution in [0.15, 0.2) is 0 Å². The van der Waals surface area contributed by atoms with Gasteiger partial charge >= 0.3 is 0 Å². The van der Waals surface area contributed by atoms with Gasteiger partial charge in [0, 0.05) is 38.3 Å². The van der Waals surface area contributed by atoms with E-state index in [9.17, 15) is 0 Å². The van der Waals surface area contributed by atoms with Gasteiger partial charge in [-0.1, -0.05) is 6.42 Å². The average molecular weight is 183 g/mol. The van der Waals surface area contributed by atoms with Crippen LogP contribution in [0, 0.1) is 0 Å². The maximum absolute atomic E-state index is 5.99. The predicted octanol–water partition coefficient (Wildman–Crippen LogP) is 0.162. The van der Waals surface area contributed by atoms with Crippen molar-refractivity contribution in [3.8, 4) is 0 Å². The van der Waals surface area contributed by atoms with Crippen LogP contribution in [0.4, 0.5) is 0 Å². The van der Waals surface area contributed by atoms with Crippen molar-refractivity contribution in [2.24, 2.45) is 5.73 Å². The highest BCUT2D eigenvalue weighted by atomic mass is 15.2. The lowest BCUT2D eigenvalue weighted by Gasteiger charge is -2.38. The molecule has 0 aromatic rings. The molecule has 2 fully saturated rings. The van der Waals surface area contributed by atoms with Gasteiger partial charge in [0.05, 0.1) is 0 Å². The molecule has 3 heteroatoms. The first kappa shape index (κ1) is 9.44. The van der Waals surface area contributed by atoms with Crippen molar-refractivity contribution in [1.82, 2.24) is 10.2 Å². The molecule has 0 spiro atoms. The first-order chi connectivity index (χ1) is 6.36. The third kappa shape index (κ3) is 2.42. The topological polar surface area (TPSA) is 41.3 Å². The number of piperazine rings is 1. The van der Waals surface area contributed by atoms with Crippen LogP contribution in [0.2, 0.25) is 0 Å². The first-order valence-electron chi connectivity index (χ1n) is 5.56. The standard InChI is InChI=1S/C10H21N3/c11-9-2-1-3-10(8-9)13-6-4-12-5-7-13/h9-10,12H,1-8,11H2/t9-,10+/m1/s1. The minimum absolute atomic E-state index is 0.466. The van der Waals surface area contributed by atoms with Crippen LogP contribution in [0.25, 0.3) is 0 Å². The summed E-state index contributed by atoms with van der Waals surface area (Å²) in [5.41, 5.74) is 5.99. The van der Waals surface area contributed by atoms with Crippen LogP contribution in [0.3, 0.4) is 0 Å². The number of hydrogen-bond donors (Lipinski definition) is 2. The zero-order chi connectivity index (χ0) is 9.10. The van der Waals surface area contributed by atoms with Crippen LogP contribution in [-0.2, 0) is 0 Å². The molecule has 0 radical (unpaired) electrons. The molecule has 0 amide bonds. The number of hydrogen-bond acceptors (Lipinski definition) is 3. The van der Waals surface area contributed by atoms with Crippen molar-refractivity contribution < 1.29 is 0 Å². The summed E-state index contributed by atoms with van der Waals surface area (Å²) in [6.07, 6.45) is 5.16. The summed E-state index contributed by atoms with van der Waals surface area (Å²) >= 11 is 0. The van der Waals surface area contributed by atoms with Gasteiger partial charge in [-0.2, -0.15) is 0 Å². The molecular formula is C10H21N3. The molecule has 76 valence electrons. The molecule has 0 aromatic heterocycles. The molecule has 1 aliphatic carbocycles. The molecule has 1 aliphatic heterocycles. The third-order valence-electron chi connectivity index (χ3n) is 3.36. The number of nitrogens with two attached hydrogens (primary N) is 1. The van der Waals surface area contributed by atoms with Gasteiger partial charge < -0.3 is 11.1 Å². The Kier molecular flexibility index (Phi) is 3.19. The lowest BCUT2D eigenvalue weighted by molar-refractivity contribution is 0.131. The second-order valence-corrected chi connectivity index (χ2v) is 4.37. The van der Waals surface area contributed by atoms with Gasteiger partial charge in [0.2, 0.25) is 0 Å². The van der Waals surface area contributed by atoms with Crippen LogP contribution in [-0.4, -0.2) is 43.2 Å². The van der Waals surface area contributed by atoms with E-state index in [2.05, 4.69) is 10.2 Å². The summed E-state index contributed by atoms with van der Waals surface area (Å²) in [6, 6.07) is 1.25. The maximum atomic E-state index is 5.99. The number of nitrogens with zero attached hydrogens (tertiary/aromatic N) is 1. The van der Waals surface area contributed by atoms with E-state index in [1.807, 2.05) is 0 Å². The molecule has 0 aromatic carbocycles. The molecule has 1 saturated carbocycles. The fourth-order valence-electron chi connectivity index (χ4n) is 2.58. The van der Waals surface area contributed by atoms with Crippen LogP contribution >= 0.6 is 0 Å². The van der Waals surface area contributed by atoms with E-state index in [1.165, 1.54) is 38.8 Å². The van der Waals surface area contributed by atoms with E-state index in [1.54, 1.807) is 0 Å². The summed E-state index contributed by atoms with van der Waals surface area (Å²) in [6.45, 7) is 4.76. The number of rotatable bonds is 1. The lowest BCUT2D eigenvalue weighted by Crippen LogP contribution is -2.51. The summed E-state index contributed by atoms with van der Waals surface area (Å²) in [4.78, 5) is 2.62. The SMILES string of the molecule is N[C@@H]1CCC[C@H](N2CCNCC2)C1. The number of nitrogens with one attached hydrogen (secondary N) is 1. The zero-order valence-electron chi connectivity index (χ0n) is 8.34. The Morgan fingerprint density at radius 2 is 1.92 bits per heavy atom. The van der Waals surface area contributed by atoms with Gasteiger partial charge in [-0.15, -0.1) is 0 Å². The Labute approximate surface area is 80.7 Å². The fraction of sp³-hybridized carbons (Fsp3) is 1.00. The van der Waals surface area contributed by atoms with Crippen molar-refractivity contribution in [2.75, 3.05) is 26.2 Å². The summed E-state index contributed by atoms with van der Waals surface area (Å²) in [5.74, 6) is 0. The second kappa shape index (κ2) is 4.40. The Bertz CT molecular complexity index is 154.